The van der Waals surface area contributed by atoms with Crippen LogP contribution in [0.3, 0.4) is 0 Å². The number of hydrogen-bond donors (Lipinski definition) is 0. The molecule has 2 aromatic rings. The van der Waals surface area contributed by atoms with E-state index in [2.05, 4.69) is 31.9 Å². The summed E-state index contributed by atoms with van der Waals surface area (Å²) in [7, 11) is 0. The van der Waals surface area contributed by atoms with Gasteiger partial charge in [0.05, 0.1) is 0 Å². The van der Waals surface area contributed by atoms with Gasteiger partial charge in [-0.3, -0.25) is 4.79 Å². The Labute approximate surface area is 136 Å². The lowest BCUT2D eigenvalue weighted by atomic mass is 9.92. The summed E-state index contributed by atoms with van der Waals surface area (Å²) < 4.78 is 0. The van der Waals surface area contributed by atoms with E-state index in [1.54, 1.807) is 0 Å². The second-order valence-corrected chi connectivity index (χ2v) is 5.92. The Balaban J connectivity index is 2.58. The van der Waals surface area contributed by atoms with Crippen LogP contribution in [0.15, 0.2) is 36.4 Å². The summed E-state index contributed by atoms with van der Waals surface area (Å²) >= 11 is 6.98. The molecule has 0 bridgehead atoms. The first-order valence-electron chi connectivity index (χ1n) is 6.43. The molecule has 0 saturated carbocycles. The molecule has 2 aromatic carbocycles. The SMILES string of the molecule is Cc1cccc(C(=O)c2cccc(C)c2CBr)c1CBr. The van der Waals surface area contributed by atoms with Crippen molar-refractivity contribution in [3.8, 4) is 0 Å². The van der Waals surface area contributed by atoms with Crippen LogP contribution in [0.4, 0.5) is 0 Å². The van der Waals surface area contributed by atoms with Gasteiger partial charge in [-0.2, -0.15) is 0 Å². The van der Waals surface area contributed by atoms with Crippen LogP contribution < -0.4 is 0 Å². The summed E-state index contributed by atoms with van der Waals surface area (Å²) in [4.78, 5) is 12.9. The van der Waals surface area contributed by atoms with E-state index < -0.39 is 0 Å². The van der Waals surface area contributed by atoms with Gasteiger partial charge in [-0.25, -0.2) is 0 Å². The molecule has 2 rings (SSSR count). The fourth-order valence-corrected chi connectivity index (χ4v) is 3.82. The zero-order valence-corrected chi connectivity index (χ0v) is 14.7. The van der Waals surface area contributed by atoms with Gasteiger partial charge in [-0.05, 0) is 36.1 Å². The van der Waals surface area contributed by atoms with Crippen LogP contribution in [0.25, 0.3) is 0 Å². The smallest absolute Gasteiger partial charge is 0.193 e. The first-order valence-corrected chi connectivity index (χ1v) is 8.68. The summed E-state index contributed by atoms with van der Waals surface area (Å²) in [5, 5.41) is 1.38. The van der Waals surface area contributed by atoms with Gasteiger partial charge in [0.1, 0.15) is 0 Å². The fourth-order valence-electron chi connectivity index (χ4n) is 2.33. The molecule has 0 N–H and O–H groups in total. The predicted molar refractivity (Wildman–Crippen MR) is 91.1 cm³/mol. The molecule has 0 atom stereocenters. The van der Waals surface area contributed by atoms with Gasteiger partial charge in [-0.1, -0.05) is 68.3 Å². The second-order valence-electron chi connectivity index (χ2n) is 4.80. The van der Waals surface area contributed by atoms with E-state index in [0.717, 1.165) is 33.4 Å². The second kappa shape index (κ2) is 6.68. The first kappa shape index (κ1) is 15.5. The predicted octanol–water partition coefficient (Wildman–Crippen LogP) is 5.32. The first-order chi connectivity index (χ1) is 9.60. The number of aryl methyl sites for hydroxylation is 2. The molecule has 20 heavy (non-hydrogen) atoms. The third-order valence-corrected chi connectivity index (χ3v) is 4.70. The maximum atomic E-state index is 12.9. The standard InChI is InChI=1S/C17H16Br2O/c1-11-5-3-7-13(15(11)9-18)17(20)14-8-4-6-12(2)16(14)10-19/h3-8H,9-10H2,1-2H3. The van der Waals surface area contributed by atoms with E-state index in [1.165, 1.54) is 0 Å². The van der Waals surface area contributed by atoms with Gasteiger partial charge < -0.3 is 0 Å². The van der Waals surface area contributed by atoms with Crippen LogP contribution >= 0.6 is 31.9 Å². The molecule has 0 aromatic heterocycles. The van der Waals surface area contributed by atoms with Gasteiger partial charge in [0.15, 0.2) is 5.78 Å². The van der Waals surface area contributed by atoms with Crippen molar-refractivity contribution >= 4 is 37.6 Å². The van der Waals surface area contributed by atoms with E-state index in [-0.39, 0.29) is 5.78 Å². The Morgan fingerprint density at radius 3 is 1.60 bits per heavy atom. The highest BCUT2D eigenvalue weighted by molar-refractivity contribution is 9.08. The maximum Gasteiger partial charge on any atom is 0.193 e. The zero-order chi connectivity index (χ0) is 14.7. The third kappa shape index (κ3) is 2.89. The number of rotatable bonds is 4. The number of halogens is 2. The number of benzene rings is 2. The van der Waals surface area contributed by atoms with E-state index >= 15 is 0 Å². The lowest BCUT2D eigenvalue weighted by Crippen LogP contribution is -2.09. The molecule has 0 spiro atoms. The van der Waals surface area contributed by atoms with Crippen molar-refractivity contribution in [1.82, 2.24) is 0 Å². The van der Waals surface area contributed by atoms with Crippen molar-refractivity contribution in [3.63, 3.8) is 0 Å². The van der Waals surface area contributed by atoms with E-state index in [0.29, 0.717) is 10.7 Å². The Bertz CT molecular complexity index is 592. The molecule has 1 nitrogen and oxygen atoms in total. The molecule has 0 unspecified atom stereocenters. The Kier molecular flexibility index (Phi) is 5.17. The van der Waals surface area contributed by atoms with Gasteiger partial charge in [0, 0.05) is 21.8 Å². The molecule has 0 saturated heterocycles. The van der Waals surface area contributed by atoms with Crippen molar-refractivity contribution < 1.29 is 4.79 Å². The average molecular weight is 396 g/mol. The molecular weight excluding hydrogens is 380 g/mol. The van der Waals surface area contributed by atoms with Crippen LogP contribution in [0, 0.1) is 13.8 Å². The lowest BCUT2D eigenvalue weighted by Gasteiger charge is -2.13. The van der Waals surface area contributed by atoms with Crippen molar-refractivity contribution in [2.45, 2.75) is 24.5 Å². The van der Waals surface area contributed by atoms with E-state index in [4.69, 9.17) is 0 Å². The van der Waals surface area contributed by atoms with Crippen molar-refractivity contribution in [3.05, 3.63) is 69.8 Å². The van der Waals surface area contributed by atoms with Gasteiger partial charge >= 0.3 is 0 Å². The molecule has 0 aliphatic heterocycles. The molecule has 104 valence electrons. The highest BCUT2D eigenvalue weighted by Gasteiger charge is 2.17. The minimum atomic E-state index is 0.0984. The van der Waals surface area contributed by atoms with Crippen molar-refractivity contribution in [2.75, 3.05) is 0 Å². The summed E-state index contributed by atoms with van der Waals surface area (Å²) in [5.74, 6) is 0.0984. The number of ketones is 1. The topological polar surface area (TPSA) is 17.1 Å². The highest BCUT2D eigenvalue weighted by atomic mass is 79.9. The molecular formula is C17H16Br2O. The number of carbonyl (C=O) groups excluding carboxylic acids is 1. The monoisotopic (exact) mass is 394 g/mol. The third-order valence-electron chi connectivity index (χ3n) is 3.58. The molecule has 0 radical (unpaired) electrons. The average Bonchev–Trinajstić information content (AvgIpc) is 2.46. The molecule has 0 aliphatic rings. The molecule has 0 heterocycles. The normalized spacial score (nSPS) is 10.6. The quantitative estimate of drug-likeness (QED) is 0.505. The van der Waals surface area contributed by atoms with Crippen LogP contribution in [0.5, 0.6) is 0 Å². The minimum Gasteiger partial charge on any atom is -0.289 e. The highest BCUT2D eigenvalue weighted by Crippen LogP contribution is 2.24. The minimum absolute atomic E-state index is 0.0984. The van der Waals surface area contributed by atoms with Crippen LogP contribution in [-0.2, 0) is 10.7 Å². The zero-order valence-electron chi connectivity index (χ0n) is 11.5. The van der Waals surface area contributed by atoms with Gasteiger partial charge in [0.25, 0.3) is 0 Å². The Morgan fingerprint density at radius 2 is 1.25 bits per heavy atom. The molecule has 0 amide bonds. The summed E-state index contributed by atoms with van der Waals surface area (Å²) in [6.45, 7) is 4.07. The van der Waals surface area contributed by atoms with E-state index in [1.807, 2.05) is 50.2 Å². The van der Waals surface area contributed by atoms with E-state index in [9.17, 15) is 4.79 Å². The summed E-state index contributed by atoms with van der Waals surface area (Å²) in [5.41, 5.74) is 5.99. The van der Waals surface area contributed by atoms with Gasteiger partial charge in [-0.15, -0.1) is 0 Å². The Morgan fingerprint density at radius 1 is 0.850 bits per heavy atom. The number of hydrogen-bond acceptors (Lipinski definition) is 1. The van der Waals surface area contributed by atoms with Gasteiger partial charge in [0.2, 0.25) is 0 Å². The number of carbonyl (C=O) groups is 1. The lowest BCUT2D eigenvalue weighted by molar-refractivity contribution is 0.103. The summed E-state index contributed by atoms with van der Waals surface area (Å²) in [6, 6.07) is 11.8. The molecule has 3 heteroatoms. The molecule has 0 fully saturated rings. The maximum absolute atomic E-state index is 12.9. The van der Waals surface area contributed by atoms with Crippen molar-refractivity contribution in [1.29, 1.82) is 0 Å². The largest absolute Gasteiger partial charge is 0.289 e. The van der Waals surface area contributed by atoms with Crippen LogP contribution in [0.1, 0.15) is 38.2 Å². The summed E-state index contributed by atoms with van der Waals surface area (Å²) in [6.07, 6.45) is 0. The van der Waals surface area contributed by atoms with Crippen LogP contribution in [0.2, 0.25) is 0 Å². The fraction of sp³-hybridized carbons (Fsp3) is 0.235. The van der Waals surface area contributed by atoms with Crippen LogP contribution in [-0.4, -0.2) is 5.78 Å². The molecule has 0 aliphatic carbocycles. The van der Waals surface area contributed by atoms with Crippen molar-refractivity contribution in [2.24, 2.45) is 0 Å². The number of alkyl halides is 2. The Hall–Kier alpha value is -0.930.